The number of benzene rings is 2. The van der Waals surface area contributed by atoms with Gasteiger partial charge in [0.25, 0.3) is 0 Å². The summed E-state index contributed by atoms with van der Waals surface area (Å²) in [6.45, 7) is 3.90. The lowest BCUT2D eigenvalue weighted by Crippen LogP contribution is -2.21. The molecule has 0 saturated carbocycles. The molecule has 1 nitrogen and oxygen atoms in total. The maximum Gasteiger partial charge on any atom is 0.145 e. The highest BCUT2D eigenvalue weighted by molar-refractivity contribution is 9.10. The first-order chi connectivity index (χ1) is 9.45. The third kappa shape index (κ3) is 2.76. The van der Waals surface area contributed by atoms with Crippen LogP contribution in [-0.4, -0.2) is 7.05 Å². The summed E-state index contributed by atoms with van der Waals surface area (Å²) >= 11 is 3.11. The van der Waals surface area contributed by atoms with E-state index < -0.39 is 17.7 Å². The number of hydrogen-bond acceptors (Lipinski definition) is 1. The zero-order chi connectivity index (χ0) is 14.9. The van der Waals surface area contributed by atoms with E-state index in [1.165, 1.54) is 12.1 Å². The van der Waals surface area contributed by atoms with E-state index in [2.05, 4.69) is 21.2 Å². The Balaban J connectivity index is 2.64. The summed E-state index contributed by atoms with van der Waals surface area (Å²) in [5.74, 6) is -1.11. The number of aryl methyl sites for hydroxylation is 2. The fourth-order valence-corrected chi connectivity index (χ4v) is 2.68. The molecule has 0 radical (unpaired) electrons. The Hall–Kier alpha value is -1.26. The van der Waals surface area contributed by atoms with Crippen LogP contribution in [0, 0.1) is 25.5 Å². The van der Waals surface area contributed by atoms with Gasteiger partial charge in [-0.25, -0.2) is 8.78 Å². The van der Waals surface area contributed by atoms with Gasteiger partial charge in [-0.05, 0) is 60.1 Å². The molecule has 0 aromatic heterocycles. The van der Waals surface area contributed by atoms with Crippen molar-refractivity contribution < 1.29 is 8.78 Å². The highest BCUT2D eigenvalue weighted by Crippen LogP contribution is 2.32. The summed E-state index contributed by atoms with van der Waals surface area (Å²) in [5, 5.41) is 3.01. The minimum atomic E-state index is -0.565. The van der Waals surface area contributed by atoms with E-state index in [9.17, 15) is 8.78 Å². The molecule has 0 spiro atoms. The number of nitrogens with one attached hydrogen (secondary N) is 1. The van der Waals surface area contributed by atoms with Crippen LogP contribution in [0.4, 0.5) is 8.78 Å². The van der Waals surface area contributed by atoms with E-state index in [1.807, 2.05) is 32.0 Å². The van der Waals surface area contributed by atoms with Gasteiger partial charge in [0.1, 0.15) is 11.6 Å². The second-order valence-corrected chi connectivity index (χ2v) is 5.69. The molecule has 0 aliphatic rings. The van der Waals surface area contributed by atoms with Crippen molar-refractivity contribution in [3.05, 3.63) is 68.7 Å². The van der Waals surface area contributed by atoms with Crippen LogP contribution in [0.25, 0.3) is 0 Å². The second kappa shape index (κ2) is 6.02. The van der Waals surface area contributed by atoms with Crippen molar-refractivity contribution >= 4 is 15.9 Å². The Labute approximate surface area is 126 Å². The minimum Gasteiger partial charge on any atom is -0.309 e. The lowest BCUT2D eigenvalue weighted by atomic mass is 9.93. The average Bonchev–Trinajstić information content (AvgIpc) is 2.42. The Morgan fingerprint density at radius 3 is 2.45 bits per heavy atom. The molecule has 0 bridgehead atoms. The molecule has 2 aromatic carbocycles. The van der Waals surface area contributed by atoms with Crippen molar-refractivity contribution in [3.8, 4) is 0 Å². The molecule has 0 fully saturated rings. The zero-order valence-electron chi connectivity index (χ0n) is 11.6. The van der Waals surface area contributed by atoms with Gasteiger partial charge in [-0.1, -0.05) is 23.8 Å². The van der Waals surface area contributed by atoms with Crippen LogP contribution in [0.3, 0.4) is 0 Å². The fourth-order valence-electron chi connectivity index (χ4n) is 2.33. The summed E-state index contributed by atoms with van der Waals surface area (Å²) in [4.78, 5) is 0. The topological polar surface area (TPSA) is 12.0 Å². The maximum absolute atomic E-state index is 14.3. The minimum absolute atomic E-state index is 0.0376. The standard InChI is InChI=1S/C16H16BrF2N/c1-9-4-5-10(2)11(8-9)16(20-3)14-13(18)7-6-12(17)15(14)19/h4-8,16,20H,1-3H3. The summed E-state index contributed by atoms with van der Waals surface area (Å²) in [7, 11) is 1.70. The summed E-state index contributed by atoms with van der Waals surface area (Å²) in [6, 6.07) is 8.03. The van der Waals surface area contributed by atoms with Gasteiger partial charge < -0.3 is 5.32 Å². The van der Waals surface area contributed by atoms with Crippen molar-refractivity contribution in [2.75, 3.05) is 7.05 Å². The van der Waals surface area contributed by atoms with Crippen molar-refractivity contribution in [2.45, 2.75) is 19.9 Å². The van der Waals surface area contributed by atoms with Crippen molar-refractivity contribution in [2.24, 2.45) is 0 Å². The quantitative estimate of drug-likeness (QED) is 0.802. The predicted molar refractivity (Wildman–Crippen MR) is 80.9 cm³/mol. The van der Waals surface area contributed by atoms with Gasteiger partial charge in [-0.2, -0.15) is 0 Å². The number of halogens is 3. The Kier molecular flexibility index (Phi) is 4.55. The smallest absolute Gasteiger partial charge is 0.145 e. The van der Waals surface area contributed by atoms with Gasteiger partial charge in [0.2, 0.25) is 0 Å². The molecular formula is C16H16BrF2N. The highest BCUT2D eigenvalue weighted by Gasteiger charge is 2.23. The number of hydrogen-bond donors (Lipinski definition) is 1. The molecule has 0 amide bonds. The monoisotopic (exact) mass is 339 g/mol. The predicted octanol–water partition coefficient (Wildman–Crippen LogP) is 4.65. The molecule has 1 N–H and O–H groups in total. The van der Waals surface area contributed by atoms with E-state index in [4.69, 9.17) is 0 Å². The second-order valence-electron chi connectivity index (χ2n) is 4.84. The van der Waals surface area contributed by atoms with Crippen LogP contribution in [0.15, 0.2) is 34.8 Å². The van der Waals surface area contributed by atoms with E-state index in [1.54, 1.807) is 7.05 Å². The Bertz CT molecular complexity index is 641. The van der Waals surface area contributed by atoms with E-state index >= 15 is 0 Å². The van der Waals surface area contributed by atoms with Crippen LogP contribution in [-0.2, 0) is 0 Å². The fraction of sp³-hybridized carbons (Fsp3) is 0.250. The first-order valence-corrected chi connectivity index (χ1v) is 7.12. The molecule has 2 aromatic rings. The molecule has 4 heteroatoms. The Morgan fingerprint density at radius 1 is 1.10 bits per heavy atom. The molecule has 0 saturated heterocycles. The largest absolute Gasteiger partial charge is 0.309 e. The normalized spacial score (nSPS) is 12.5. The summed E-state index contributed by atoms with van der Waals surface area (Å²) in [6.07, 6.45) is 0. The molecular weight excluding hydrogens is 324 g/mol. The first-order valence-electron chi connectivity index (χ1n) is 6.33. The lowest BCUT2D eigenvalue weighted by Gasteiger charge is -2.21. The lowest BCUT2D eigenvalue weighted by molar-refractivity contribution is 0.518. The molecule has 1 unspecified atom stereocenters. The third-order valence-electron chi connectivity index (χ3n) is 3.40. The van der Waals surface area contributed by atoms with Crippen molar-refractivity contribution in [1.29, 1.82) is 0 Å². The van der Waals surface area contributed by atoms with Crippen LogP contribution >= 0.6 is 15.9 Å². The summed E-state index contributed by atoms with van der Waals surface area (Å²) in [5.41, 5.74) is 2.97. The van der Waals surface area contributed by atoms with E-state index in [0.717, 1.165) is 16.7 Å². The summed E-state index contributed by atoms with van der Waals surface area (Å²) < 4.78 is 28.6. The Morgan fingerprint density at radius 2 is 1.80 bits per heavy atom. The van der Waals surface area contributed by atoms with Gasteiger partial charge in [0, 0.05) is 5.56 Å². The highest BCUT2D eigenvalue weighted by atomic mass is 79.9. The number of rotatable bonds is 3. The zero-order valence-corrected chi connectivity index (χ0v) is 13.2. The molecule has 1 atom stereocenters. The van der Waals surface area contributed by atoms with E-state index in [0.29, 0.717) is 0 Å². The van der Waals surface area contributed by atoms with Crippen LogP contribution in [0.1, 0.15) is 28.3 Å². The molecule has 0 aliphatic carbocycles. The van der Waals surface area contributed by atoms with Gasteiger partial charge in [0.05, 0.1) is 10.5 Å². The van der Waals surface area contributed by atoms with Gasteiger partial charge in [-0.15, -0.1) is 0 Å². The molecule has 0 heterocycles. The van der Waals surface area contributed by atoms with Crippen molar-refractivity contribution in [1.82, 2.24) is 5.32 Å². The molecule has 106 valence electrons. The molecule has 20 heavy (non-hydrogen) atoms. The average molecular weight is 340 g/mol. The van der Waals surface area contributed by atoms with E-state index in [-0.39, 0.29) is 10.0 Å². The molecule has 2 rings (SSSR count). The van der Waals surface area contributed by atoms with Crippen LogP contribution < -0.4 is 5.32 Å². The SMILES string of the molecule is CNC(c1cc(C)ccc1C)c1c(F)ccc(Br)c1F. The molecule has 0 aliphatic heterocycles. The third-order valence-corrected chi connectivity index (χ3v) is 4.01. The van der Waals surface area contributed by atoms with Gasteiger partial charge in [0.15, 0.2) is 0 Å². The van der Waals surface area contributed by atoms with Crippen molar-refractivity contribution in [3.63, 3.8) is 0 Å². The van der Waals surface area contributed by atoms with Gasteiger partial charge >= 0.3 is 0 Å². The maximum atomic E-state index is 14.3. The van der Waals surface area contributed by atoms with Gasteiger partial charge in [-0.3, -0.25) is 0 Å². The first kappa shape index (κ1) is 15.1. The van der Waals surface area contributed by atoms with Crippen LogP contribution in [0.5, 0.6) is 0 Å². The van der Waals surface area contributed by atoms with Crippen LogP contribution in [0.2, 0.25) is 0 Å².